The van der Waals surface area contributed by atoms with Gasteiger partial charge in [-0.3, -0.25) is 0 Å². The second-order valence-corrected chi connectivity index (χ2v) is 10.7. The summed E-state index contributed by atoms with van der Waals surface area (Å²) in [6.45, 7) is 13.6. The van der Waals surface area contributed by atoms with Gasteiger partial charge in [0.15, 0.2) is 0 Å². The monoisotopic (exact) mass is 446 g/mol. The number of aliphatic hydroxyl groups excluding tert-OH is 1. The van der Waals surface area contributed by atoms with E-state index >= 15 is 0 Å². The molecule has 0 aromatic carbocycles. The van der Waals surface area contributed by atoms with Crippen LogP contribution in [-0.2, 0) is 14.2 Å². The summed E-state index contributed by atoms with van der Waals surface area (Å²) < 4.78 is 29.5. The molecule has 3 saturated heterocycles. The molecule has 0 unspecified atom stereocenters. The third-order valence-corrected chi connectivity index (χ3v) is 5.47. The van der Waals surface area contributed by atoms with E-state index in [0.717, 1.165) is 32.5 Å². The number of aliphatic hydroxyl groups is 1. The number of rotatable bonds is 1. The van der Waals surface area contributed by atoms with Gasteiger partial charge in [-0.2, -0.15) is 0 Å². The topological polar surface area (TPSA) is 91.8 Å². The smallest absolute Gasteiger partial charge is 0.410 e. The number of halogens is 1. The van der Waals surface area contributed by atoms with Crippen molar-refractivity contribution in [2.75, 3.05) is 39.4 Å². The summed E-state index contributed by atoms with van der Waals surface area (Å²) in [4.78, 5) is 26.6. The second kappa shape index (κ2) is 9.48. The van der Waals surface area contributed by atoms with Crippen LogP contribution in [0.3, 0.4) is 0 Å². The molecule has 180 valence electrons. The molecule has 1 N–H and O–H groups in total. The lowest BCUT2D eigenvalue weighted by Gasteiger charge is -2.36. The van der Waals surface area contributed by atoms with Gasteiger partial charge in [-0.1, -0.05) is 0 Å². The Bertz CT molecular complexity index is 621. The van der Waals surface area contributed by atoms with Crippen LogP contribution in [-0.4, -0.2) is 89.0 Å². The van der Waals surface area contributed by atoms with Crippen LogP contribution in [0.1, 0.15) is 67.2 Å². The number of piperidine rings is 2. The zero-order valence-electron chi connectivity index (χ0n) is 19.8. The molecule has 0 radical (unpaired) electrons. The Morgan fingerprint density at radius 1 is 0.871 bits per heavy atom. The maximum atomic E-state index is 13.6. The quantitative estimate of drug-likeness (QED) is 0.620. The summed E-state index contributed by atoms with van der Waals surface area (Å²) in [5.74, 6) is 0. The zero-order valence-corrected chi connectivity index (χ0v) is 19.8. The van der Waals surface area contributed by atoms with Crippen molar-refractivity contribution < 1.29 is 33.3 Å². The molecule has 3 fully saturated rings. The lowest BCUT2D eigenvalue weighted by atomic mass is 9.95. The molecular weight excluding hydrogens is 407 g/mol. The van der Waals surface area contributed by atoms with Gasteiger partial charge in [-0.05, 0) is 54.4 Å². The summed E-state index contributed by atoms with van der Waals surface area (Å²) in [5.41, 5.74) is -2.34. The minimum Gasteiger partial charge on any atom is -0.444 e. The van der Waals surface area contributed by atoms with Crippen LogP contribution in [0.5, 0.6) is 0 Å². The summed E-state index contributed by atoms with van der Waals surface area (Å²) in [5, 5.41) is 8.85. The highest BCUT2D eigenvalue weighted by atomic mass is 19.1. The number of nitrogens with zero attached hydrogens (tertiary/aromatic N) is 2. The molecule has 0 aromatic rings. The minimum absolute atomic E-state index is 0.124. The van der Waals surface area contributed by atoms with Crippen molar-refractivity contribution in [1.82, 2.24) is 9.80 Å². The van der Waals surface area contributed by atoms with E-state index < -0.39 is 29.6 Å². The highest BCUT2D eigenvalue weighted by Crippen LogP contribution is 2.37. The van der Waals surface area contributed by atoms with Crippen LogP contribution in [0.25, 0.3) is 0 Å². The number of epoxide rings is 1. The number of hydrogen-bond acceptors (Lipinski definition) is 6. The Hall–Kier alpha value is -1.61. The standard InChI is InChI=1S/C11H20FNO3.C11H19NO3/c1-10(2,3)16-9(15)13-6-4-11(12,8-14)5-7-13;1-10(2,3)15-9(13)12-6-4-11(5-7-12)8-14-11/h14H,4-8H2,1-3H3;4-8H2,1-3H3. The van der Waals surface area contributed by atoms with Crippen LogP contribution >= 0.6 is 0 Å². The molecular formula is C22H39FN2O6. The lowest BCUT2D eigenvalue weighted by molar-refractivity contribution is -0.0132. The number of alkyl halides is 1. The molecule has 2 amide bonds. The van der Waals surface area contributed by atoms with E-state index in [4.69, 9.17) is 19.3 Å². The van der Waals surface area contributed by atoms with Crippen LogP contribution in [0.15, 0.2) is 0 Å². The van der Waals surface area contributed by atoms with Gasteiger partial charge in [0.25, 0.3) is 0 Å². The van der Waals surface area contributed by atoms with Gasteiger partial charge in [-0.25, -0.2) is 14.0 Å². The van der Waals surface area contributed by atoms with Crippen LogP contribution < -0.4 is 0 Å². The zero-order chi connectivity index (χ0) is 23.5. The average Bonchev–Trinajstić information content (AvgIpc) is 3.39. The minimum atomic E-state index is -1.53. The summed E-state index contributed by atoms with van der Waals surface area (Å²) in [6, 6.07) is 0. The van der Waals surface area contributed by atoms with Crippen LogP contribution in [0.4, 0.5) is 14.0 Å². The van der Waals surface area contributed by atoms with E-state index in [0.29, 0.717) is 13.1 Å². The maximum Gasteiger partial charge on any atom is 0.410 e. The molecule has 31 heavy (non-hydrogen) atoms. The molecule has 0 atom stereocenters. The van der Waals surface area contributed by atoms with Crippen molar-refractivity contribution in [3.05, 3.63) is 0 Å². The summed E-state index contributed by atoms with van der Waals surface area (Å²) in [6.07, 6.45) is 1.63. The van der Waals surface area contributed by atoms with Crippen molar-refractivity contribution in [3.63, 3.8) is 0 Å². The fourth-order valence-electron chi connectivity index (χ4n) is 3.39. The first-order valence-electron chi connectivity index (χ1n) is 11.1. The summed E-state index contributed by atoms with van der Waals surface area (Å²) >= 11 is 0. The van der Waals surface area contributed by atoms with E-state index in [-0.39, 0.29) is 24.5 Å². The van der Waals surface area contributed by atoms with Crippen molar-refractivity contribution >= 4 is 12.2 Å². The van der Waals surface area contributed by atoms with E-state index in [1.807, 2.05) is 20.8 Å². The molecule has 3 rings (SSSR count). The van der Waals surface area contributed by atoms with Gasteiger partial charge >= 0.3 is 12.2 Å². The van der Waals surface area contributed by atoms with Gasteiger partial charge < -0.3 is 29.1 Å². The van der Waals surface area contributed by atoms with E-state index in [2.05, 4.69) is 0 Å². The van der Waals surface area contributed by atoms with Crippen LogP contribution in [0.2, 0.25) is 0 Å². The van der Waals surface area contributed by atoms with Gasteiger partial charge in [-0.15, -0.1) is 0 Å². The predicted octanol–water partition coefficient (Wildman–Crippen LogP) is 3.50. The normalized spacial score (nSPS) is 22.3. The van der Waals surface area contributed by atoms with Gasteiger partial charge in [0.2, 0.25) is 0 Å². The molecule has 0 saturated carbocycles. The van der Waals surface area contributed by atoms with Gasteiger partial charge in [0.05, 0.1) is 18.8 Å². The fraction of sp³-hybridized carbons (Fsp3) is 0.909. The maximum absolute atomic E-state index is 13.6. The number of amides is 2. The molecule has 9 heteroatoms. The molecule has 3 aliphatic rings. The molecule has 3 aliphatic heterocycles. The van der Waals surface area contributed by atoms with Crippen LogP contribution in [0, 0.1) is 0 Å². The third kappa shape index (κ3) is 8.44. The van der Waals surface area contributed by atoms with Gasteiger partial charge in [0, 0.05) is 39.0 Å². The second-order valence-electron chi connectivity index (χ2n) is 10.7. The predicted molar refractivity (Wildman–Crippen MR) is 114 cm³/mol. The highest BCUT2D eigenvalue weighted by Gasteiger charge is 2.47. The van der Waals surface area contributed by atoms with Crippen molar-refractivity contribution in [2.45, 2.75) is 89.7 Å². The Kier molecular flexibility index (Phi) is 7.85. The Morgan fingerprint density at radius 3 is 1.52 bits per heavy atom. The molecule has 3 heterocycles. The first kappa shape index (κ1) is 25.6. The van der Waals surface area contributed by atoms with E-state index in [9.17, 15) is 14.0 Å². The Balaban J connectivity index is 0.000000220. The number of carbonyl (C=O) groups excluding carboxylic acids is 2. The lowest BCUT2D eigenvalue weighted by Crippen LogP contribution is -2.47. The van der Waals surface area contributed by atoms with E-state index in [1.54, 1.807) is 25.7 Å². The number of ether oxygens (including phenoxy) is 3. The molecule has 0 aromatic heterocycles. The van der Waals surface area contributed by atoms with Crippen molar-refractivity contribution in [1.29, 1.82) is 0 Å². The van der Waals surface area contributed by atoms with E-state index in [1.165, 1.54) is 4.90 Å². The molecule has 0 aliphatic carbocycles. The molecule has 0 bridgehead atoms. The molecule has 1 spiro atoms. The number of carbonyl (C=O) groups is 2. The number of hydrogen-bond donors (Lipinski definition) is 1. The Morgan fingerprint density at radius 2 is 1.23 bits per heavy atom. The van der Waals surface area contributed by atoms with Crippen molar-refractivity contribution in [3.8, 4) is 0 Å². The third-order valence-electron chi connectivity index (χ3n) is 5.47. The first-order chi connectivity index (χ1) is 14.2. The van der Waals surface area contributed by atoms with Gasteiger partial charge in [0.1, 0.15) is 16.9 Å². The SMILES string of the molecule is CC(C)(C)OC(=O)N1CCC(F)(CO)CC1.CC(C)(C)OC(=O)N1CCC2(CC1)CO2. The molecule has 8 nitrogen and oxygen atoms in total. The average molecular weight is 447 g/mol. The Labute approximate surface area is 185 Å². The number of likely N-dealkylation sites (tertiary alicyclic amines) is 2. The largest absolute Gasteiger partial charge is 0.444 e. The summed E-state index contributed by atoms with van der Waals surface area (Å²) in [7, 11) is 0. The van der Waals surface area contributed by atoms with Crippen molar-refractivity contribution in [2.24, 2.45) is 0 Å². The highest BCUT2D eigenvalue weighted by molar-refractivity contribution is 5.68. The fourth-order valence-corrected chi connectivity index (χ4v) is 3.39. The first-order valence-corrected chi connectivity index (χ1v) is 11.1.